The van der Waals surface area contributed by atoms with Crippen molar-refractivity contribution in [1.29, 1.82) is 5.26 Å². The Hall–Kier alpha value is -6.28. The van der Waals surface area contributed by atoms with Gasteiger partial charge >= 0.3 is 0 Å². The number of carbonyl (C=O) groups is 5. The number of nitrogens with one attached hydrogen (secondary N) is 4. The third-order valence-electron chi connectivity index (χ3n) is 9.38. The predicted molar refractivity (Wildman–Crippen MR) is 187 cm³/mol. The Morgan fingerprint density at radius 2 is 1.91 bits per heavy atom. The summed E-state index contributed by atoms with van der Waals surface area (Å²) in [5.74, 6) is -2.54. The second-order valence-corrected chi connectivity index (χ2v) is 13.5. The van der Waals surface area contributed by atoms with Crippen molar-refractivity contribution in [3.8, 4) is 11.9 Å². The van der Waals surface area contributed by atoms with Gasteiger partial charge in [-0.2, -0.15) is 15.0 Å². The van der Waals surface area contributed by atoms with E-state index >= 15 is 4.39 Å². The number of carbonyl (C=O) groups excluding carboxylic acids is 5. The Morgan fingerprint density at radius 1 is 1.09 bits per heavy atom. The molecule has 1 aromatic carbocycles. The molecule has 0 spiro atoms. The van der Waals surface area contributed by atoms with E-state index in [9.17, 15) is 29.2 Å². The van der Waals surface area contributed by atoms with Crippen LogP contribution in [0.2, 0.25) is 0 Å². The van der Waals surface area contributed by atoms with Gasteiger partial charge in [0.25, 0.3) is 17.7 Å². The molecule has 3 aliphatic rings. The van der Waals surface area contributed by atoms with Gasteiger partial charge in [0.05, 0.1) is 52.9 Å². The van der Waals surface area contributed by atoms with E-state index in [1.165, 1.54) is 23.1 Å². The van der Waals surface area contributed by atoms with E-state index in [2.05, 4.69) is 42.4 Å². The molecule has 7 rings (SSSR count). The number of nitriles is 1. The molecule has 4 N–H and O–H groups in total. The summed E-state index contributed by atoms with van der Waals surface area (Å²) in [6.07, 6.45) is 4.75. The van der Waals surface area contributed by atoms with Gasteiger partial charge in [0.1, 0.15) is 18.3 Å². The van der Waals surface area contributed by atoms with Gasteiger partial charge in [0.2, 0.25) is 11.8 Å². The Morgan fingerprint density at radius 3 is 2.66 bits per heavy atom. The second-order valence-electron chi connectivity index (χ2n) is 13.5. The molecule has 53 heavy (non-hydrogen) atoms. The summed E-state index contributed by atoms with van der Waals surface area (Å²) in [6, 6.07) is 9.22. The maximum Gasteiger partial charge on any atom is 0.264 e. The number of halogens is 1. The average molecular weight is 723 g/mol. The van der Waals surface area contributed by atoms with Crippen LogP contribution < -0.4 is 21.3 Å². The summed E-state index contributed by atoms with van der Waals surface area (Å²) in [6.45, 7) is 2.93. The highest BCUT2D eigenvalue weighted by Crippen LogP contribution is 2.33. The lowest BCUT2D eigenvalue weighted by Crippen LogP contribution is -2.54. The minimum atomic E-state index is -1.61. The highest BCUT2D eigenvalue weighted by Gasteiger charge is 2.45. The highest BCUT2D eigenvalue weighted by atomic mass is 19.1. The molecule has 1 saturated heterocycles. The molecule has 5 heterocycles. The zero-order valence-corrected chi connectivity index (χ0v) is 28.8. The molecule has 1 aliphatic carbocycles. The number of ether oxygens (including phenoxy) is 1. The first kappa shape index (κ1) is 35.1. The Bertz CT molecular complexity index is 2210. The van der Waals surface area contributed by atoms with Crippen molar-refractivity contribution in [2.75, 3.05) is 30.3 Å². The molecule has 1 saturated carbocycles. The number of amides is 5. The van der Waals surface area contributed by atoms with E-state index in [0.29, 0.717) is 33.8 Å². The molecular weight excluding hydrogens is 687 g/mol. The molecule has 0 radical (unpaired) electrons. The van der Waals surface area contributed by atoms with Crippen molar-refractivity contribution < 1.29 is 33.1 Å². The number of benzene rings is 1. The number of rotatable bonds is 13. The minimum Gasteiger partial charge on any atom is -0.382 e. The van der Waals surface area contributed by atoms with E-state index in [1.807, 2.05) is 0 Å². The summed E-state index contributed by atoms with van der Waals surface area (Å²) in [5, 5.41) is 25.4. The maximum atomic E-state index is 15.6. The monoisotopic (exact) mass is 722 g/mol. The number of hydrogen-bond acceptors (Lipinski definition) is 12. The van der Waals surface area contributed by atoms with E-state index < -0.39 is 47.4 Å². The number of aromatic nitrogens is 4. The third-order valence-corrected chi connectivity index (χ3v) is 9.38. The molecule has 5 amide bonds. The molecule has 2 fully saturated rings. The molecule has 17 heteroatoms. The lowest BCUT2D eigenvalue weighted by Gasteiger charge is -2.29. The van der Waals surface area contributed by atoms with Gasteiger partial charge in [0, 0.05) is 48.5 Å². The SMILES string of the molecule is CC(C)(OCCNc1cccc2c1C(=O)N(C1CCC(=O)NC1=O)C2=O)C(F)CNC(=O)c1cnc(-n2ncc3cc(C#N)cnc32)cc1NC1CC1. The number of pyridine rings is 2. The largest absolute Gasteiger partial charge is 0.382 e. The van der Waals surface area contributed by atoms with Crippen LogP contribution in [0.3, 0.4) is 0 Å². The van der Waals surface area contributed by atoms with Crippen LogP contribution in [0, 0.1) is 11.3 Å². The fourth-order valence-electron chi connectivity index (χ4n) is 6.23. The van der Waals surface area contributed by atoms with Crippen LogP contribution in [-0.2, 0) is 14.3 Å². The zero-order valence-electron chi connectivity index (χ0n) is 28.8. The highest BCUT2D eigenvalue weighted by molar-refractivity contribution is 6.25. The summed E-state index contributed by atoms with van der Waals surface area (Å²) >= 11 is 0. The summed E-state index contributed by atoms with van der Waals surface area (Å²) in [5.41, 5.74) is 0.903. The van der Waals surface area contributed by atoms with Crippen LogP contribution >= 0.6 is 0 Å². The fraction of sp³-hybridized carbons (Fsp3) is 0.361. The molecule has 4 aromatic rings. The molecule has 2 aliphatic heterocycles. The zero-order chi connectivity index (χ0) is 37.4. The Labute approximate surface area is 302 Å². The van der Waals surface area contributed by atoms with E-state index in [0.717, 1.165) is 17.7 Å². The predicted octanol–water partition coefficient (Wildman–Crippen LogP) is 2.64. The standard InChI is InChI=1S/C36H35FN10O6/c1-36(2,53-11-10-39-24-5-3-4-22-30(24)35(52)46(34(22)51)26-8-9-29(48)45-33(26)50)27(37)18-42-32(49)23-17-40-28(13-25(23)44-21-6-7-21)47-31-20(16-43-47)12-19(14-38)15-41-31/h3-5,12-13,15-17,21,26-27,39H,6-11,18H2,1-2H3,(H,40,44)(H,42,49)(H,45,48,50). The van der Waals surface area contributed by atoms with Gasteiger partial charge in [-0.05, 0) is 51.3 Å². The van der Waals surface area contributed by atoms with Crippen LogP contribution in [0.4, 0.5) is 15.8 Å². The summed E-state index contributed by atoms with van der Waals surface area (Å²) in [7, 11) is 0. The third kappa shape index (κ3) is 7.00. The average Bonchev–Trinajstić information content (AvgIpc) is 3.80. The number of anilines is 2. The number of alkyl halides is 1. The summed E-state index contributed by atoms with van der Waals surface area (Å²) < 4.78 is 22.9. The van der Waals surface area contributed by atoms with Crippen LogP contribution in [0.1, 0.15) is 76.2 Å². The van der Waals surface area contributed by atoms with Gasteiger partial charge < -0.3 is 20.7 Å². The fourth-order valence-corrected chi connectivity index (χ4v) is 6.23. The van der Waals surface area contributed by atoms with Crippen LogP contribution in [0.5, 0.6) is 0 Å². The molecule has 272 valence electrons. The van der Waals surface area contributed by atoms with Crippen molar-refractivity contribution in [3.05, 3.63) is 71.2 Å². The second kappa shape index (κ2) is 14.0. The van der Waals surface area contributed by atoms with E-state index in [1.54, 1.807) is 44.3 Å². The molecular formula is C36H35FN10O6. The first-order valence-corrected chi connectivity index (χ1v) is 17.1. The van der Waals surface area contributed by atoms with Gasteiger partial charge in [-0.15, -0.1) is 0 Å². The number of imide groups is 2. The number of hydrogen-bond donors (Lipinski definition) is 4. The van der Waals surface area contributed by atoms with Crippen LogP contribution in [0.15, 0.2) is 48.9 Å². The lowest BCUT2D eigenvalue weighted by atomic mass is 10.0. The molecule has 0 bridgehead atoms. The molecule has 16 nitrogen and oxygen atoms in total. The lowest BCUT2D eigenvalue weighted by molar-refractivity contribution is -0.136. The van der Waals surface area contributed by atoms with Crippen LogP contribution in [-0.4, -0.2) is 97.7 Å². The number of fused-ring (bicyclic) bond motifs is 2. The molecule has 3 aromatic heterocycles. The van der Waals surface area contributed by atoms with Crippen molar-refractivity contribution in [2.24, 2.45) is 0 Å². The molecule has 2 unspecified atom stereocenters. The smallest absolute Gasteiger partial charge is 0.264 e. The Balaban J connectivity index is 0.950. The van der Waals surface area contributed by atoms with Crippen molar-refractivity contribution >= 4 is 51.9 Å². The van der Waals surface area contributed by atoms with Crippen molar-refractivity contribution in [3.63, 3.8) is 0 Å². The molecule has 2 atom stereocenters. The first-order chi connectivity index (χ1) is 25.4. The van der Waals surface area contributed by atoms with E-state index in [-0.39, 0.29) is 55.3 Å². The topological polar surface area (TPSA) is 213 Å². The van der Waals surface area contributed by atoms with Gasteiger partial charge in [-0.1, -0.05) is 6.07 Å². The minimum absolute atomic E-state index is 0.0136. The van der Waals surface area contributed by atoms with Gasteiger partial charge in [-0.3, -0.25) is 34.2 Å². The first-order valence-electron chi connectivity index (χ1n) is 17.1. The normalized spacial score (nSPS) is 17.7. The van der Waals surface area contributed by atoms with Gasteiger partial charge in [-0.25, -0.2) is 14.4 Å². The van der Waals surface area contributed by atoms with Gasteiger partial charge in [0.15, 0.2) is 11.5 Å². The quantitative estimate of drug-likeness (QED) is 0.116. The maximum absolute atomic E-state index is 15.6. The summed E-state index contributed by atoms with van der Waals surface area (Å²) in [4.78, 5) is 73.4. The van der Waals surface area contributed by atoms with Crippen LogP contribution in [0.25, 0.3) is 16.9 Å². The number of piperidine rings is 1. The van der Waals surface area contributed by atoms with Crippen molar-refractivity contribution in [2.45, 2.75) is 63.4 Å². The van der Waals surface area contributed by atoms with E-state index in [4.69, 9.17) is 4.74 Å². The van der Waals surface area contributed by atoms with Crippen molar-refractivity contribution in [1.82, 2.24) is 35.3 Å². The number of nitrogens with zero attached hydrogens (tertiary/aromatic N) is 6. The Kier molecular flexibility index (Phi) is 9.30.